The molecule has 1 rings (SSSR count). The second-order valence-electron chi connectivity index (χ2n) is 3.46. The predicted octanol–water partition coefficient (Wildman–Crippen LogP) is 2.04. The predicted molar refractivity (Wildman–Crippen MR) is 53.5 cm³/mol. The number of thiophene rings is 1. The van der Waals surface area contributed by atoms with Crippen LogP contribution in [-0.4, -0.2) is 31.5 Å². The molecule has 3 heteroatoms. The summed E-state index contributed by atoms with van der Waals surface area (Å²) in [7, 11) is 6.11. The highest BCUT2D eigenvalue weighted by Crippen LogP contribution is 2.23. The molecule has 0 aromatic carbocycles. The summed E-state index contributed by atoms with van der Waals surface area (Å²) in [5.41, 5.74) is 0.921. The third-order valence-electron chi connectivity index (χ3n) is 1.54. The molecule has 0 saturated heterocycles. The minimum Gasteiger partial charge on any atom is -0.289 e. The first-order chi connectivity index (χ1) is 5.55. The summed E-state index contributed by atoms with van der Waals surface area (Å²) in [6.45, 7) is 0. The van der Waals surface area contributed by atoms with Crippen molar-refractivity contribution in [2.45, 2.75) is 0 Å². The van der Waals surface area contributed by atoms with Crippen molar-refractivity contribution in [3.05, 3.63) is 22.4 Å². The van der Waals surface area contributed by atoms with Gasteiger partial charge in [-0.1, -0.05) is 6.07 Å². The highest BCUT2D eigenvalue weighted by Gasteiger charge is 2.18. The van der Waals surface area contributed by atoms with Gasteiger partial charge < -0.3 is 0 Å². The number of hydrogen-bond acceptors (Lipinski definition) is 2. The third-order valence-corrected chi connectivity index (χ3v) is 2.42. The van der Waals surface area contributed by atoms with Crippen molar-refractivity contribution >= 4 is 22.9 Å². The first-order valence-corrected chi connectivity index (χ1v) is 4.59. The van der Waals surface area contributed by atoms with Crippen LogP contribution < -0.4 is 0 Å². The first kappa shape index (κ1) is 9.20. The van der Waals surface area contributed by atoms with Gasteiger partial charge >= 0.3 is 0 Å². The van der Waals surface area contributed by atoms with E-state index in [2.05, 4.69) is 5.87 Å². The van der Waals surface area contributed by atoms with Gasteiger partial charge in [-0.2, -0.15) is 0 Å². The molecule has 0 fully saturated rings. The quantitative estimate of drug-likeness (QED) is 0.533. The summed E-state index contributed by atoms with van der Waals surface area (Å²) in [6, 6.07) is 4.01. The molecule has 0 radical (unpaired) electrons. The largest absolute Gasteiger partial charge is 0.289 e. The molecular formula is C9H13N2S+. The monoisotopic (exact) mass is 181 g/mol. The second-order valence-corrected chi connectivity index (χ2v) is 4.41. The van der Waals surface area contributed by atoms with E-state index in [9.17, 15) is 0 Å². The van der Waals surface area contributed by atoms with Crippen LogP contribution in [0.5, 0.6) is 0 Å². The van der Waals surface area contributed by atoms with Crippen LogP contribution in [0, 0.1) is 5.41 Å². The van der Waals surface area contributed by atoms with Crippen molar-refractivity contribution in [1.82, 2.24) is 0 Å². The number of nitrogens with zero attached hydrogens (tertiary/aromatic N) is 1. The summed E-state index contributed by atoms with van der Waals surface area (Å²) in [4.78, 5) is 1.12. The van der Waals surface area contributed by atoms with Crippen LogP contribution in [0.15, 0.2) is 17.5 Å². The van der Waals surface area contributed by atoms with Crippen LogP contribution in [0.1, 0.15) is 4.88 Å². The Morgan fingerprint density at radius 3 is 2.50 bits per heavy atom. The van der Waals surface area contributed by atoms with Crippen LogP contribution in [-0.2, 0) is 0 Å². The van der Waals surface area contributed by atoms with Gasteiger partial charge in [0.05, 0.1) is 26.0 Å². The zero-order valence-corrected chi connectivity index (χ0v) is 8.40. The van der Waals surface area contributed by atoms with Gasteiger partial charge in [-0.15, -0.1) is 11.3 Å². The Hall–Kier alpha value is -0.890. The van der Waals surface area contributed by atoms with Gasteiger partial charge in [0.1, 0.15) is 0 Å². The molecule has 0 unspecified atom stereocenters. The molecule has 1 aromatic rings. The minimum absolute atomic E-state index is 0.643. The van der Waals surface area contributed by atoms with E-state index < -0.39 is 0 Å². The molecule has 1 heterocycles. The van der Waals surface area contributed by atoms with E-state index in [1.165, 1.54) is 0 Å². The SMILES string of the molecule is C[N+](C)(C)C(=C=N)c1cccs1. The minimum atomic E-state index is 0.643. The zero-order chi connectivity index (χ0) is 9.19. The molecular weight excluding hydrogens is 168 g/mol. The van der Waals surface area contributed by atoms with Gasteiger partial charge in [0.2, 0.25) is 5.70 Å². The summed E-state index contributed by atoms with van der Waals surface area (Å²) >= 11 is 1.65. The Kier molecular flexibility index (Phi) is 2.48. The van der Waals surface area contributed by atoms with Crippen LogP contribution in [0.2, 0.25) is 0 Å². The Bertz CT molecular complexity index is 300. The molecule has 0 atom stereocenters. The Balaban J connectivity index is 3.10. The molecule has 64 valence electrons. The molecule has 2 nitrogen and oxygen atoms in total. The van der Waals surface area contributed by atoms with Gasteiger partial charge in [0, 0.05) is 5.87 Å². The van der Waals surface area contributed by atoms with Crippen molar-refractivity contribution in [3.63, 3.8) is 0 Å². The summed E-state index contributed by atoms with van der Waals surface area (Å²) in [5.74, 6) is 2.49. The van der Waals surface area contributed by atoms with E-state index in [0.717, 1.165) is 10.6 Å². The van der Waals surface area contributed by atoms with Crippen LogP contribution in [0.3, 0.4) is 0 Å². The number of rotatable bonds is 2. The molecule has 0 aliphatic rings. The molecule has 0 saturated carbocycles. The fourth-order valence-corrected chi connectivity index (χ4v) is 1.87. The van der Waals surface area contributed by atoms with Crippen LogP contribution >= 0.6 is 11.3 Å². The topological polar surface area (TPSA) is 23.9 Å². The molecule has 0 aliphatic heterocycles. The fourth-order valence-electron chi connectivity index (χ4n) is 0.973. The van der Waals surface area contributed by atoms with Crippen molar-refractivity contribution in [3.8, 4) is 0 Å². The van der Waals surface area contributed by atoms with E-state index in [-0.39, 0.29) is 0 Å². The van der Waals surface area contributed by atoms with Gasteiger partial charge in [0.25, 0.3) is 0 Å². The van der Waals surface area contributed by atoms with Crippen molar-refractivity contribution < 1.29 is 4.48 Å². The molecule has 1 aromatic heterocycles. The van der Waals surface area contributed by atoms with Gasteiger partial charge in [0.15, 0.2) is 0 Å². The maximum absolute atomic E-state index is 7.20. The van der Waals surface area contributed by atoms with E-state index in [0.29, 0.717) is 4.48 Å². The lowest BCUT2D eigenvalue weighted by Crippen LogP contribution is -2.32. The lowest BCUT2D eigenvalue weighted by atomic mass is 10.3. The Morgan fingerprint density at radius 1 is 1.50 bits per heavy atom. The highest BCUT2D eigenvalue weighted by molar-refractivity contribution is 7.11. The molecule has 0 spiro atoms. The highest BCUT2D eigenvalue weighted by atomic mass is 32.1. The average Bonchev–Trinajstić information content (AvgIpc) is 2.38. The maximum atomic E-state index is 7.20. The molecule has 1 N–H and O–H groups in total. The van der Waals surface area contributed by atoms with Crippen LogP contribution in [0.25, 0.3) is 5.70 Å². The van der Waals surface area contributed by atoms with E-state index in [1.54, 1.807) is 11.3 Å². The first-order valence-electron chi connectivity index (χ1n) is 3.71. The number of quaternary nitrogens is 1. The van der Waals surface area contributed by atoms with Crippen LogP contribution in [0.4, 0.5) is 0 Å². The fraction of sp³-hybridized carbons (Fsp3) is 0.333. The Morgan fingerprint density at radius 2 is 2.17 bits per heavy atom. The van der Waals surface area contributed by atoms with Gasteiger partial charge in [-0.3, -0.25) is 9.89 Å². The van der Waals surface area contributed by atoms with Crippen molar-refractivity contribution in [2.24, 2.45) is 0 Å². The molecule has 12 heavy (non-hydrogen) atoms. The summed E-state index contributed by atoms with van der Waals surface area (Å²) in [6.07, 6.45) is 0. The maximum Gasteiger partial charge on any atom is 0.211 e. The molecule has 0 bridgehead atoms. The van der Waals surface area contributed by atoms with Crippen molar-refractivity contribution in [2.75, 3.05) is 21.1 Å². The lowest BCUT2D eigenvalue weighted by Gasteiger charge is -2.23. The van der Waals surface area contributed by atoms with E-state index >= 15 is 0 Å². The van der Waals surface area contributed by atoms with Crippen molar-refractivity contribution in [1.29, 1.82) is 5.41 Å². The number of hydrogen-bond donors (Lipinski definition) is 1. The third kappa shape index (κ3) is 1.83. The summed E-state index contributed by atoms with van der Waals surface area (Å²) < 4.78 is 0.643. The number of nitrogens with one attached hydrogen (secondary N) is 1. The summed E-state index contributed by atoms with van der Waals surface area (Å²) in [5, 5.41) is 9.21. The Labute approximate surface area is 76.9 Å². The lowest BCUT2D eigenvalue weighted by molar-refractivity contribution is -0.794. The van der Waals surface area contributed by atoms with Gasteiger partial charge in [-0.05, 0) is 11.4 Å². The molecule has 0 amide bonds. The zero-order valence-electron chi connectivity index (χ0n) is 7.59. The average molecular weight is 181 g/mol. The van der Waals surface area contributed by atoms with E-state index in [4.69, 9.17) is 5.41 Å². The van der Waals surface area contributed by atoms with Gasteiger partial charge in [-0.25, -0.2) is 0 Å². The standard InChI is InChI=1S/C9H13N2S/c1-11(2,3)8(7-10)9-5-4-6-12-9/h4-6,10H,1-3H3/q+1. The second kappa shape index (κ2) is 3.23. The smallest absolute Gasteiger partial charge is 0.211 e. The normalized spacial score (nSPS) is 10.9. The van der Waals surface area contributed by atoms with E-state index in [1.807, 2.05) is 38.7 Å². The molecule has 0 aliphatic carbocycles.